The summed E-state index contributed by atoms with van der Waals surface area (Å²) in [6.07, 6.45) is 1.03. The van der Waals surface area contributed by atoms with Gasteiger partial charge in [-0.2, -0.15) is 0 Å². The van der Waals surface area contributed by atoms with Gasteiger partial charge in [0.2, 0.25) is 0 Å². The molecule has 0 N–H and O–H groups in total. The Labute approximate surface area is 79.3 Å². The van der Waals surface area contributed by atoms with Crippen LogP contribution in [0.5, 0.6) is 0 Å². The predicted octanol–water partition coefficient (Wildman–Crippen LogP) is 0.664. The minimum atomic E-state index is 0.101. The number of methoxy groups -OCH3 is 1. The Morgan fingerprint density at radius 1 is 1.69 bits per heavy atom. The fourth-order valence-electron chi connectivity index (χ4n) is 2.42. The average molecular weight is 183 g/mol. The molecule has 3 heteroatoms. The van der Waals surface area contributed by atoms with Gasteiger partial charge in [0.15, 0.2) is 0 Å². The molecule has 2 heterocycles. The molecule has 0 amide bonds. The smallest absolute Gasteiger partial charge is 0.0719 e. The standard InChI is InChI=1S/C10H17NO2/c1-9-5-10(7-12-2)8-13-4-3-11(10)6-9/h1,3-8H2,2H3/t10-/m0/s1. The van der Waals surface area contributed by atoms with Crippen LogP contribution in [0.3, 0.4) is 0 Å². The van der Waals surface area contributed by atoms with E-state index in [-0.39, 0.29) is 5.54 Å². The Morgan fingerprint density at radius 3 is 3.31 bits per heavy atom. The molecule has 0 radical (unpaired) electrons. The molecule has 74 valence electrons. The second-order valence-electron chi connectivity index (χ2n) is 4.06. The van der Waals surface area contributed by atoms with Gasteiger partial charge in [0.25, 0.3) is 0 Å². The molecule has 2 rings (SSSR count). The molecule has 3 nitrogen and oxygen atoms in total. The average Bonchev–Trinajstić information content (AvgIpc) is 2.41. The third kappa shape index (κ3) is 1.52. The summed E-state index contributed by atoms with van der Waals surface area (Å²) in [6.45, 7) is 8.48. The van der Waals surface area contributed by atoms with Crippen LogP contribution in [0.4, 0.5) is 0 Å². The van der Waals surface area contributed by atoms with E-state index in [0.29, 0.717) is 0 Å². The number of hydrogen-bond acceptors (Lipinski definition) is 3. The number of morpholine rings is 1. The van der Waals surface area contributed by atoms with E-state index in [1.54, 1.807) is 7.11 Å². The van der Waals surface area contributed by atoms with Gasteiger partial charge in [-0.15, -0.1) is 0 Å². The van der Waals surface area contributed by atoms with Gasteiger partial charge in [0, 0.05) is 20.2 Å². The number of nitrogens with zero attached hydrogens (tertiary/aromatic N) is 1. The monoisotopic (exact) mass is 183 g/mol. The zero-order valence-electron chi connectivity index (χ0n) is 8.21. The van der Waals surface area contributed by atoms with Crippen LogP contribution in [-0.4, -0.2) is 50.5 Å². The zero-order valence-corrected chi connectivity index (χ0v) is 8.21. The van der Waals surface area contributed by atoms with Gasteiger partial charge in [-0.25, -0.2) is 0 Å². The molecule has 0 unspecified atom stereocenters. The third-order valence-electron chi connectivity index (χ3n) is 2.95. The highest BCUT2D eigenvalue weighted by Crippen LogP contribution is 2.34. The molecule has 2 aliphatic heterocycles. The minimum absolute atomic E-state index is 0.101. The van der Waals surface area contributed by atoms with Crippen molar-refractivity contribution in [3.63, 3.8) is 0 Å². The Bertz CT molecular complexity index is 213. The molecule has 2 aliphatic rings. The third-order valence-corrected chi connectivity index (χ3v) is 2.95. The maximum atomic E-state index is 5.52. The number of hydrogen-bond donors (Lipinski definition) is 0. The molecule has 2 saturated heterocycles. The molecule has 13 heavy (non-hydrogen) atoms. The SMILES string of the molecule is C=C1CN2CCOC[C@@]2(COC)C1. The number of ether oxygens (including phenoxy) is 2. The van der Waals surface area contributed by atoms with Crippen LogP contribution in [0.25, 0.3) is 0 Å². The van der Waals surface area contributed by atoms with E-state index in [2.05, 4.69) is 11.5 Å². The van der Waals surface area contributed by atoms with Crippen molar-refractivity contribution in [2.24, 2.45) is 0 Å². The van der Waals surface area contributed by atoms with Crippen LogP contribution in [0.2, 0.25) is 0 Å². The van der Waals surface area contributed by atoms with Crippen molar-refractivity contribution in [1.82, 2.24) is 4.90 Å². The highest BCUT2D eigenvalue weighted by Gasteiger charge is 2.44. The van der Waals surface area contributed by atoms with Crippen LogP contribution >= 0.6 is 0 Å². The first kappa shape index (κ1) is 9.19. The fraction of sp³-hybridized carbons (Fsp3) is 0.800. The molecule has 0 aromatic heterocycles. The number of rotatable bonds is 2. The molecule has 2 fully saturated rings. The highest BCUT2D eigenvalue weighted by molar-refractivity contribution is 5.16. The first-order chi connectivity index (χ1) is 6.27. The largest absolute Gasteiger partial charge is 0.383 e. The van der Waals surface area contributed by atoms with Crippen LogP contribution < -0.4 is 0 Å². The van der Waals surface area contributed by atoms with Gasteiger partial charge >= 0.3 is 0 Å². The zero-order chi connectivity index (χ0) is 9.31. The summed E-state index contributed by atoms with van der Waals surface area (Å²) in [5.74, 6) is 0. The molecule has 0 spiro atoms. The first-order valence-corrected chi connectivity index (χ1v) is 4.75. The summed E-state index contributed by atoms with van der Waals surface area (Å²) in [5.41, 5.74) is 1.41. The van der Waals surface area contributed by atoms with Crippen molar-refractivity contribution in [1.29, 1.82) is 0 Å². The summed E-state index contributed by atoms with van der Waals surface area (Å²) >= 11 is 0. The van der Waals surface area contributed by atoms with Crippen molar-refractivity contribution < 1.29 is 9.47 Å². The molecule has 0 aliphatic carbocycles. The lowest BCUT2D eigenvalue weighted by atomic mass is 9.96. The van der Waals surface area contributed by atoms with E-state index in [9.17, 15) is 0 Å². The van der Waals surface area contributed by atoms with E-state index in [0.717, 1.165) is 39.3 Å². The van der Waals surface area contributed by atoms with Crippen molar-refractivity contribution in [3.05, 3.63) is 12.2 Å². The second-order valence-corrected chi connectivity index (χ2v) is 4.06. The quantitative estimate of drug-likeness (QED) is 0.587. The minimum Gasteiger partial charge on any atom is -0.383 e. The van der Waals surface area contributed by atoms with Gasteiger partial charge in [-0.1, -0.05) is 12.2 Å². The van der Waals surface area contributed by atoms with Crippen LogP contribution in [0.1, 0.15) is 6.42 Å². The van der Waals surface area contributed by atoms with Crippen molar-refractivity contribution in [2.45, 2.75) is 12.0 Å². The molecule has 0 aromatic rings. The van der Waals surface area contributed by atoms with Gasteiger partial charge in [-0.05, 0) is 6.42 Å². The highest BCUT2D eigenvalue weighted by atomic mass is 16.5. The van der Waals surface area contributed by atoms with Gasteiger partial charge in [-0.3, -0.25) is 4.90 Å². The topological polar surface area (TPSA) is 21.7 Å². The molecular formula is C10H17NO2. The lowest BCUT2D eigenvalue weighted by molar-refractivity contribution is -0.0775. The molecule has 1 atom stereocenters. The van der Waals surface area contributed by atoms with E-state index in [1.807, 2.05) is 0 Å². The van der Waals surface area contributed by atoms with Crippen LogP contribution in [0, 0.1) is 0 Å². The van der Waals surface area contributed by atoms with E-state index >= 15 is 0 Å². The van der Waals surface area contributed by atoms with Crippen molar-refractivity contribution >= 4 is 0 Å². The second kappa shape index (κ2) is 3.40. The Morgan fingerprint density at radius 2 is 2.54 bits per heavy atom. The molecule has 0 saturated carbocycles. The van der Waals surface area contributed by atoms with Gasteiger partial charge in [0.05, 0.1) is 25.4 Å². The summed E-state index contributed by atoms with van der Waals surface area (Å²) in [6, 6.07) is 0. The Balaban J connectivity index is 2.14. The molecular weight excluding hydrogens is 166 g/mol. The Hall–Kier alpha value is -0.380. The predicted molar refractivity (Wildman–Crippen MR) is 50.8 cm³/mol. The Kier molecular flexibility index (Phi) is 2.41. The molecule has 0 bridgehead atoms. The first-order valence-electron chi connectivity index (χ1n) is 4.75. The summed E-state index contributed by atoms with van der Waals surface area (Å²) in [4.78, 5) is 2.45. The summed E-state index contributed by atoms with van der Waals surface area (Å²) in [7, 11) is 1.75. The van der Waals surface area contributed by atoms with E-state index in [1.165, 1.54) is 5.57 Å². The fourth-order valence-corrected chi connectivity index (χ4v) is 2.42. The summed E-state index contributed by atoms with van der Waals surface area (Å²) in [5, 5.41) is 0. The maximum absolute atomic E-state index is 5.52. The normalized spacial score (nSPS) is 35.0. The lowest BCUT2D eigenvalue weighted by Crippen LogP contribution is -2.55. The maximum Gasteiger partial charge on any atom is 0.0719 e. The molecule has 0 aromatic carbocycles. The van der Waals surface area contributed by atoms with E-state index < -0.39 is 0 Å². The van der Waals surface area contributed by atoms with Crippen LogP contribution in [0.15, 0.2) is 12.2 Å². The van der Waals surface area contributed by atoms with Crippen molar-refractivity contribution in [2.75, 3.05) is 40.0 Å². The number of fused-ring (bicyclic) bond motifs is 1. The van der Waals surface area contributed by atoms with E-state index in [4.69, 9.17) is 9.47 Å². The van der Waals surface area contributed by atoms with Crippen molar-refractivity contribution in [3.8, 4) is 0 Å². The van der Waals surface area contributed by atoms with Gasteiger partial charge < -0.3 is 9.47 Å². The lowest BCUT2D eigenvalue weighted by Gasteiger charge is -2.41. The summed E-state index contributed by atoms with van der Waals surface area (Å²) < 4.78 is 10.8. The van der Waals surface area contributed by atoms with Gasteiger partial charge in [0.1, 0.15) is 0 Å². The van der Waals surface area contributed by atoms with Crippen LogP contribution in [-0.2, 0) is 9.47 Å².